The summed E-state index contributed by atoms with van der Waals surface area (Å²) in [6.45, 7) is 0. The average Bonchev–Trinajstić information content (AvgIpc) is 3.24. The van der Waals surface area contributed by atoms with Crippen LogP contribution in [0, 0.1) is 17.1 Å². The van der Waals surface area contributed by atoms with Crippen LogP contribution in [0.2, 0.25) is 0 Å². The monoisotopic (exact) mass is 334 g/mol. The number of rotatable bonds is 2. The molecule has 25 heavy (non-hydrogen) atoms. The van der Waals surface area contributed by atoms with Gasteiger partial charge in [-0.2, -0.15) is 10.4 Å². The number of benzene rings is 1. The highest BCUT2D eigenvalue weighted by Gasteiger charge is 2.23. The molecule has 0 bridgehead atoms. The Labute approximate surface area is 141 Å². The lowest BCUT2D eigenvalue weighted by molar-refractivity contribution is 0.469. The zero-order chi connectivity index (χ0) is 17.6. The molecule has 0 radical (unpaired) electrons. The summed E-state index contributed by atoms with van der Waals surface area (Å²) >= 11 is 0. The van der Waals surface area contributed by atoms with Crippen LogP contribution in [-0.2, 0) is 7.05 Å². The minimum absolute atomic E-state index is 0.116. The molecule has 4 aromatic rings. The second-order valence-corrected chi connectivity index (χ2v) is 5.47. The van der Waals surface area contributed by atoms with Crippen molar-refractivity contribution >= 4 is 11.0 Å². The van der Waals surface area contributed by atoms with Crippen LogP contribution < -0.4 is 0 Å². The number of aryl methyl sites for hydroxylation is 1. The summed E-state index contributed by atoms with van der Waals surface area (Å²) in [6.07, 6.45) is 3.10. The van der Waals surface area contributed by atoms with Gasteiger partial charge in [0, 0.05) is 24.2 Å². The number of nitrogens with zero attached hydrogens (tertiary/aromatic N) is 4. The molecule has 4 rings (SSSR count). The first-order valence-electron chi connectivity index (χ1n) is 7.38. The average molecular weight is 334 g/mol. The molecule has 0 amide bonds. The van der Waals surface area contributed by atoms with Gasteiger partial charge in [-0.1, -0.05) is 0 Å². The number of nitriles is 1. The van der Waals surface area contributed by atoms with Crippen molar-refractivity contribution in [2.75, 3.05) is 0 Å². The van der Waals surface area contributed by atoms with Crippen molar-refractivity contribution in [3.05, 3.63) is 54.2 Å². The minimum Gasteiger partial charge on any atom is -0.508 e. The molecular weight excluding hydrogens is 323 g/mol. The van der Waals surface area contributed by atoms with E-state index in [2.05, 4.69) is 16.2 Å². The van der Waals surface area contributed by atoms with E-state index in [1.54, 1.807) is 30.1 Å². The molecule has 3 aromatic heterocycles. The molecule has 6 nitrogen and oxygen atoms in total. The Balaban J connectivity index is 2.15. The number of hydrogen-bond acceptors (Lipinski definition) is 5. The minimum atomic E-state index is -0.670. The number of hydrogen-bond donors (Lipinski definition) is 1. The number of aromatic nitrogens is 3. The van der Waals surface area contributed by atoms with Gasteiger partial charge in [0.1, 0.15) is 23.4 Å². The lowest BCUT2D eigenvalue weighted by Crippen LogP contribution is -1.99. The lowest BCUT2D eigenvalue weighted by atomic mass is 9.97. The van der Waals surface area contributed by atoms with Gasteiger partial charge in [0.05, 0.1) is 29.1 Å². The number of halogens is 1. The molecule has 0 fully saturated rings. The molecule has 0 saturated carbocycles. The topological polar surface area (TPSA) is 87.9 Å². The second kappa shape index (κ2) is 5.46. The van der Waals surface area contributed by atoms with Gasteiger partial charge in [-0.25, -0.2) is 9.37 Å². The van der Waals surface area contributed by atoms with E-state index in [4.69, 9.17) is 4.42 Å². The van der Waals surface area contributed by atoms with Crippen molar-refractivity contribution in [1.82, 2.24) is 14.8 Å². The first kappa shape index (κ1) is 14.9. The van der Waals surface area contributed by atoms with Crippen molar-refractivity contribution in [3.63, 3.8) is 0 Å². The van der Waals surface area contributed by atoms with Gasteiger partial charge >= 0.3 is 0 Å². The molecule has 0 saturated heterocycles. The van der Waals surface area contributed by atoms with Crippen molar-refractivity contribution in [3.8, 4) is 34.4 Å². The van der Waals surface area contributed by atoms with Gasteiger partial charge in [0.15, 0.2) is 5.65 Å². The van der Waals surface area contributed by atoms with E-state index < -0.39 is 5.82 Å². The van der Waals surface area contributed by atoms with Crippen LogP contribution in [0.15, 0.2) is 47.2 Å². The predicted molar refractivity (Wildman–Crippen MR) is 88.0 cm³/mol. The highest BCUT2D eigenvalue weighted by atomic mass is 19.1. The number of fused-ring (bicyclic) bond motifs is 1. The highest BCUT2D eigenvalue weighted by molar-refractivity contribution is 5.98. The molecule has 0 atom stereocenters. The van der Waals surface area contributed by atoms with Gasteiger partial charge < -0.3 is 9.52 Å². The fourth-order valence-corrected chi connectivity index (χ4v) is 2.83. The van der Waals surface area contributed by atoms with Crippen molar-refractivity contribution in [2.45, 2.75) is 0 Å². The molecule has 0 aliphatic rings. The summed E-state index contributed by atoms with van der Waals surface area (Å²) < 4.78 is 21.4. The largest absolute Gasteiger partial charge is 0.508 e. The standard InChI is InChI=1S/C18H11FN4O2/c1-23-18-13(9-21-23)16(15-3-2-6-25-15)12(8-20)17(22-18)11-5-4-10(24)7-14(11)19/h2-7,9,24H,1H3. The molecule has 3 heterocycles. The molecule has 7 heteroatoms. The van der Waals surface area contributed by atoms with Crippen LogP contribution in [0.1, 0.15) is 5.56 Å². The Morgan fingerprint density at radius 3 is 2.84 bits per heavy atom. The summed E-state index contributed by atoms with van der Waals surface area (Å²) in [5, 5.41) is 24.0. The summed E-state index contributed by atoms with van der Waals surface area (Å²) in [5.41, 5.74) is 1.47. The zero-order valence-corrected chi connectivity index (χ0v) is 13.1. The first-order chi connectivity index (χ1) is 12.1. The van der Waals surface area contributed by atoms with Crippen molar-refractivity contribution in [2.24, 2.45) is 7.05 Å². The van der Waals surface area contributed by atoms with Crippen LogP contribution in [0.3, 0.4) is 0 Å². The van der Waals surface area contributed by atoms with E-state index in [9.17, 15) is 14.8 Å². The number of aromatic hydroxyl groups is 1. The molecule has 1 aromatic carbocycles. The first-order valence-corrected chi connectivity index (χ1v) is 7.38. The third-order valence-corrected chi connectivity index (χ3v) is 3.97. The smallest absolute Gasteiger partial charge is 0.158 e. The zero-order valence-electron chi connectivity index (χ0n) is 13.1. The van der Waals surface area contributed by atoms with Crippen molar-refractivity contribution in [1.29, 1.82) is 5.26 Å². The molecule has 1 N–H and O–H groups in total. The van der Waals surface area contributed by atoms with Crippen LogP contribution in [0.25, 0.3) is 33.6 Å². The SMILES string of the molecule is Cn1ncc2c(-c3ccco3)c(C#N)c(-c3ccc(O)cc3F)nc21. The summed E-state index contributed by atoms with van der Waals surface area (Å²) in [6, 6.07) is 9.26. The summed E-state index contributed by atoms with van der Waals surface area (Å²) in [7, 11) is 1.71. The van der Waals surface area contributed by atoms with Gasteiger partial charge in [0.2, 0.25) is 0 Å². The molecule has 0 unspecified atom stereocenters. The predicted octanol–water partition coefficient (Wildman–Crippen LogP) is 3.61. The van der Waals surface area contributed by atoms with E-state index in [1.165, 1.54) is 18.4 Å². The molecular formula is C18H11FN4O2. The van der Waals surface area contributed by atoms with E-state index in [1.807, 2.05) is 0 Å². The number of pyridine rings is 1. The van der Waals surface area contributed by atoms with Gasteiger partial charge in [0.25, 0.3) is 0 Å². The Morgan fingerprint density at radius 2 is 2.16 bits per heavy atom. The van der Waals surface area contributed by atoms with Gasteiger partial charge in [-0.3, -0.25) is 4.68 Å². The van der Waals surface area contributed by atoms with Crippen LogP contribution in [-0.4, -0.2) is 19.9 Å². The number of furan rings is 1. The molecule has 0 aliphatic heterocycles. The van der Waals surface area contributed by atoms with E-state index in [-0.39, 0.29) is 22.6 Å². The maximum atomic E-state index is 14.4. The summed E-state index contributed by atoms with van der Waals surface area (Å²) in [5.74, 6) is -0.402. The van der Waals surface area contributed by atoms with Crippen LogP contribution in [0.4, 0.5) is 4.39 Å². The third kappa shape index (κ3) is 2.23. The number of phenols is 1. The Kier molecular flexibility index (Phi) is 3.25. The van der Waals surface area contributed by atoms with Crippen molar-refractivity contribution < 1.29 is 13.9 Å². The Bertz CT molecular complexity index is 1140. The normalized spacial score (nSPS) is 10.9. The fraction of sp³-hybridized carbons (Fsp3) is 0.0556. The Morgan fingerprint density at radius 1 is 1.32 bits per heavy atom. The lowest BCUT2D eigenvalue weighted by Gasteiger charge is -2.10. The second-order valence-electron chi connectivity index (χ2n) is 5.47. The van der Waals surface area contributed by atoms with Crippen LogP contribution in [0.5, 0.6) is 5.75 Å². The fourth-order valence-electron chi connectivity index (χ4n) is 2.83. The van der Waals surface area contributed by atoms with Gasteiger partial charge in [-0.15, -0.1) is 0 Å². The maximum Gasteiger partial charge on any atom is 0.158 e. The maximum absolute atomic E-state index is 14.4. The highest BCUT2D eigenvalue weighted by Crippen LogP contribution is 2.37. The van der Waals surface area contributed by atoms with Gasteiger partial charge in [-0.05, 0) is 24.3 Å². The van der Waals surface area contributed by atoms with E-state index >= 15 is 0 Å². The quantitative estimate of drug-likeness (QED) is 0.605. The molecule has 122 valence electrons. The third-order valence-electron chi connectivity index (χ3n) is 3.97. The molecule has 0 aliphatic carbocycles. The van der Waals surface area contributed by atoms with Crippen LogP contribution >= 0.6 is 0 Å². The molecule has 0 spiro atoms. The number of phenolic OH excluding ortho intramolecular Hbond substituents is 1. The summed E-state index contributed by atoms with van der Waals surface area (Å²) in [4.78, 5) is 4.45. The van der Waals surface area contributed by atoms with E-state index in [0.717, 1.165) is 6.07 Å². The Hall–Kier alpha value is -3.66. The van der Waals surface area contributed by atoms with E-state index in [0.29, 0.717) is 22.4 Å².